The second kappa shape index (κ2) is 8.49. The first kappa shape index (κ1) is 19.8. The molecule has 0 spiro atoms. The summed E-state index contributed by atoms with van der Waals surface area (Å²) in [6.07, 6.45) is 5.61. The predicted octanol–water partition coefficient (Wildman–Crippen LogP) is 3.67. The lowest BCUT2D eigenvalue weighted by Crippen LogP contribution is -2.54. The number of halogens is 1. The van der Waals surface area contributed by atoms with E-state index in [4.69, 9.17) is 17.3 Å². The molecule has 4 rings (SSSR count). The summed E-state index contributed by atoms with van der Waals surface area (Å²) in [6, 6.07) is 9.91. The molecule has 8 heteroatoms. The number of anilines is 1. The van der Waals surface area contributed by atoms with Crippen molar-refractivity contribution < 1.29 is 4.79 Å². The Balaban J connectivity index is 1.39. The predicted molar refractivity (Wildman–Crippen MR) is 119 cm³/mol. The van der Waals surface area contributed by atoms with Crippen molar-refractivity contribution in [2.45, 2.75) is 19.5 Å². The van der Waals surface area contributed by atoms with Crippen molar-refractivity contribution in [3.05, 3.63) is 57.5 Å². The van der Waals surface area contributed by atoms with Crippen molar-refractivity contribution in [3.63, 3.8) is 0 Å². The van der Waals surface area contributed by atoms with E-state index in [-0.39, 0.29) is 11.9 Å². The van der Waals surface area contributed by atoms with Crippen molar-refractivity contribution >= 4 is 51.6 Å². The first-order valence-electron chi connectivity index (χ1n) is 9.42. The number of thiophene rings is 1. The minimum atomic E-state index is 0.131. The fourth-order valence-electron chi connectivity index (χ4n) is 3.60. The number of hydrogen-bond donors (Lipinski definition) is 1. The summed E-state index contributed by atoms with van der Waals surface area (Å²) in [5, 5.41) is 0.833. The van der Waals surface area contributed by atoms with Crippen LogP contribution in [-0.2, 0) is 11.3 Å². The lowest BCUT2D eigenvalue weighted by atomic mass is 10.1. The van der Waals surface area contributed by atoms with Gasteiger partial charge in [0.1, 0.15) is 12.1 Å². The summed E-state index contributed by atoms with van der Waals surface area (Å²) in [5.74, 6) is 0.607. The van der Waals surface area contributed by atoms with E-state index in [9.17, 15) is 4.79 Å². The van der Waals surface area contributed by atoms with E-state index in [1.54, 1.807) is 11.3 Å². The van der Waals surface area contributed by atoms with E-state index in [1.165, 1.54) is 6.33 Å². The fourth-order valence-corrected chi connectivity index (χ4v) is 4.59. The maximum absolute atomic E-state index is 12.8. The minimum Gasteiger partial charge on any atom is -0.383 e. The van der Waals surface area contributed by atoms with Crippen LogP contribution in [0.5, 0.6) is 0 Å². The topological polar surface area (TPSA) is 75.4 Å². The number of rotatable bonds is 5. The molecule has 1 amide bonds. The highest BCUT2D eigenvalue weighted by atomic mass is 35.5. The highest BCUT2D eigenvalue weighted by Gasteiger charge is 2.29. The Hall–Kier alpha value is -2.48. The van der Waals surface area contributed by atoms with Crippen molar-refractivity contribution in [2.75, 3.05) is 25.4 Å². The third kappa shape index (κ3) is 4.58. The van der Waals surface area contributed by atoms with Gasteiger partial charge in [-0.15, -0.1) is 11.3 Å². The summed E-state index contributed by atoms with van der Waals surface area (Å²) in [7, 11) is 0. The number of hydrogen-bond acceptors (Lipinski definition) is 6. The SMILES string of the molecule is CC1CN(CC=Cc2ccc(Cl)s2)CC(=O)N1Cc1ccc2c(N)ncnc2c1. The number of aromatic nitrogens is 2. The van der Waals surface area contributed by atoms with Crippen LogP contribution in [-0.4, -0.2) is 51.4 Å². The summed E-state index contributed by atoms with van der Waals surface area (Å²) in [5.41, 5.74) is 7.73. The molecule has 0 bridgehead atoms. The van der Waals surface area contributed by atoms with Crippen molar-refractivity contribution in [2.24, 2.45) is 0 Å². The number of amides is 1. The van der Waals surface area contributed by atoms with E-state index in [0.717, 1.165) is 38.8 Å². The Labute approximate surface area is 178 Å². The van der Waals surface area contributed by atoms with Gasteiger partial charge >= 0.3 is 0 Å². The zero-order chi connectivity index (χ0) is 20.4. The van der Waals surface area contributed by atoms with Crippen LogP contribution >= 0.6 is 22.9 Å². The average Bonchev–Trinajstić information content (AvgIpc) is 3.10. The first-order chi connectivity index (χ1) is 14.0. The molecule has 1 fully saturated rings. The maximum atomic E-state index is 12.8. The molecule has 2 N–H and O–H groups in total. The quantitative estimate of drug-likeness (QED) is 0.672. The molecule has 1 aromatic carbocycles. The molecule has 0 saturated carbocycles. The van der Waals surface area contributed by atoms with Gasteiger partial charge in [0.05, 0.1) is 16.4 Å². The van der Waals surface area contributed by atoms with Gasteiger partial charge in [-0.25, -0.2) is 9.97 Å². The molecular formula is C21H22ClN5OS. The Morgan fingerprint density at radius 2 is 2.17 bits per heavy atom. The zero-order valence-electron chi connectivity index (χ0n) is 16.1. The maximum Gasteiger partial charge on any atom is 0.237 e. The van der Waals surface area contributed by atoms with Crippen LogP contribution in [0.3, 0.4) is 0 Å². The van der Waals surface area contributed by atoms with Gasteiger partial charge < -0.3 is 10.6 Å². The normalized spacial score (nSPS) is 18.2. The number of piperazine rings is 1. The van der Waals surface area contributed by atoms with Crippen molar-refractivity contribution in [1.82, 2.24) is 19.8 Å². The number of nitrogens with zero attached hydrogens (tertiary/aromatic N) is 4. The lowest BCUT2D eigenvalue weighted by Gasteiger charge is -2.39. The molecule has 0 aliphatic carbocycles. The van der Waals surface area contributed by atoms with Crippen LogP contribution in [0.1, 0.15) is 17.4 Å². The summed E-state index contributed by atoms with van der Waals surface area (Å²) in [4.78, 5) is 26.3. The Kier molecular flexibility index (Phi) is 5.80. The van der Waals surface area contributed by atoms with Gasteiger partial charge in [-0.2, -0.15) is 0 Å². The van der Waals surface area contributed by atoms with Gasteiger partial charge in [-0.1, -0.05) is 23.7 Å². The molecule has 0 radical (unpaired) electrons. The van der Waals surface area contributed by atoms with Gasteiger partial charge in [0.15, 0.2) is 0 Å². The zero-order valence-corrected chi connectivity index (χ0v) is 17.7. The first-order valence-corrected chi connectivity index (χ1v) is 10.6. The van der Waals surface area contributed by atoms with Gasteiger partial charge in [0.2, 0.25) is 5.91 Å². The number of carbonyl (C=O) groups is 1. The lowest BCUT2D eigenvalue weighted by molar-refractivity contribution is -0.139. The van der Waals surface area contributed by atoms with Crippen LogP contribution < -0.4 is 5.73 Å². The molecular weight excluding hydrogens is 406 g/mol. The number of nitrogens with two attached hydrogens (primary N) is 1. The van der Waals surface area contributed by atoms with Crippen LogP contribution in [0, 0.1) is 0 Å². The number of fused-ring (bicyclic) bond motifs is 1. The van der Waals surface area contributed by atoms with E-state index in [0.29, 0.717) is 18.9 Å². The van der Waals surface area contributed by atoms with E-state index >= 15 is 0 Å². The molecule has 1 aliphatic heterocycles. The van der Waals surface area contributed by atoms with Crippen molar-refractivity contribution in [3.8, 4) is 0 Å². The molecule has 6 nitrogen and oxygen atoms in total. The summed E-state index contributed by atoms with van der Waals surface area (Å²) in [6.45, 7) is 4.66. The standard InChI is InChI=1S/C21H22ClN5OS/c1-14-10-26(8-2-3-16-5-7-19(22)29-16)12-20(28)27(14)11-15-4-6-17-18(9-15)24-13-25-21(17)23/h2-7,9,13-14H,8,10-12H2,1H3,(H2,23,24,25). The van der Waals surface area contributed by atoms with Crippen LogP contribution in [0.25, 0.3) is 17.0 Å². The second-order valence-corrected chi connectivity index (χ2v) is 8.97. The fraction of sp³-hybridized carbons (Fsp3) is 0.286. The van der Waals surface area contributed by atoms with Gasteiger partial charge in [0.25, 0.3) is 0 Å². The summed E-state index contributed by atoms with van der Waals surface area (Å²) >= 11 is 7.51. The van der Waals surface area contributed by atoms with Crippen molar-refractivity contribution in [1.29, 1.82) is 0 Å². The van der Waals surface area contributed by atoms with Gasteiger partial charge in [0, 0.05) is 35.9 Å². The summed E-state index contributed by atoms with van der Waals surface area (Å²) < 4.78 is 0.782. The Bertz CT molecular complexity index is 1070. The smallest absolute Gasteiger partial charge is 0.237 e. The number of nitrogen functional groups attached to an aromatic ring is 1. The molecule has 3 heterocycles. The minimum absolute atomic E-state index is 0.131. The highest BCUT2D eigenvalue weighted by Crippen LogP contribution is 2.23. The van der Waals surface area contributed by atoms with Gasteiger partial charge in [-0.3, -0.25) is 9.69 Å². The molecule has 150 valence electrons. The molecule has 1 aliphatic rings. The molecule has 1 atom stereocenters. The third-order valence-electron chi connectivity index (χ3n) is 5.06. The number of carbonyl (C=O) groups excluding carboxylic acids is 1. The van der Waals surface area contributed by atoms with Crippen LogP contribution in [0.2, 0.25) is 4.34 Å². The molecule has 3 aromatic rings. The van der Waals surface area contributed by atoms with Crippen LogP contribution in [0.4, 0.5) is 5.82 Å². The average molecular weight is 428 g/mol. The second-order valence-electron chi connectivity index (χ2n) is 7.22. The third-order valence-corrected chi connectivity index (χ3v) is 6.25. The van der Waals surface area contributed by atoms with E-state index in [1.807, 2.05) is 35.2 Å². The van der Waals surface area contributed by atoms with E-state index in [2.05, 4.69) is 33.9 Å². The Morgan fingerprint density at radius 1 is 1.31 bits per heavy atom. The highest BCUT2D eigenvalue weighted by molar-refractivity contribution is 7.16. The van der Waals surface area contributed by atoms with Gasteiger partial charge in [-0.05, 0) is 42.8 Å². The molecule has 2 aromatic heterocycles. The number of benzene rings is 1. The van der Waals surface area contributed by atoms with Crippen LogP contribution in [0.15, 0.2) is 42.7 Å². The molecule has 1 unspecified atom stereocenters. The Morgan fingerprint density at radius 3 is 2.93 bits per heavy atom. The largest absolute Gasteiger partial charge is 0.383 e. The monoisotopic (exact) mass is 427 g/mol. The molecule has 1 saturated heterocycles. The molecule has 29 heavy (non-hydrogen) atoms. The van der Waals surface area contributed by atoms with E-state index < -0.39 is 0 Å².